The number of rotatable bonds is 4. The predicted molar refractivity (Wildman–Crippen MR) is 82.3 cm³/mol. The second-order valence-corrected chi connectivity index (χ2v) is 5.77. The van der Waals surface area contributed by atoms with E-state index in [1.165, 1.54) is 16.5 Å². The summed E-state index contributed by atoms with van der Waals surface area (Å²) in [5.41, 5.74) is 2.57. The van der Waals surface area contributed by atoms with E-state index in [9.17, 15) is 4.79 Å². The Kier molecular flexibility index (Phi) is 3.94. The Morgan fingerprint density at radius 2 is 1.86 bits per heavy atom. The van der Waals surface area contributed by atoms with E-state index in [1.54, 1.807) is 0 Å². The third-order valence-electron chi connectivity index (χ3n) is 4.18. The summed E-state index contributed by atoms with van der Waals surface area (Å²) in [6.07, 6.45) is 2.08. The van der Waals surface area contributed by atoms with E-state index in [4.69, 9.17) is 5.11 Å². The van der Waals surface area contributed by atoms with Crippen LogP contribution in [0.4, 0.5) is 0 Å². The first-order valence-electron chi connectivity index (χ1n) is 7.32. The minimum Gasteiger partial charge on any atom is -0.480 e. The van der Waals surface area contributed by atoms with E-state index in [0.717, 1.165) is 32.7 Å². The van der Waals surface area contributed by atoms with Crippen LogP contribution in [0.15, 0.2) is 30.5 Å². The van der Waals surface area contributed by atoms with E-state index < -0.39 is 5.97 Å². The number of hydrogen-bond donors (Lipinski definition) is 1. The zero-order valence-electron chi connectivity index (χ0n) is 12.3. The molecule has 1 aliphatic rings. The third kappa shape index (κ3) is 3.25. The molecule has 1 aromatic carbocycles. The van der Waals surface area contributed by atoms with Gasteiger partial charge in [0, 0.05) is 51.5 Å². The fraction of sp³-hybridized carbons (Fsp3) is 0.438. The number of fused-ring (bicyclic) bond motifs is 1. The van der Waals surface area contributed by atoms with Gasteiger partial charge in [0.15, 0.2) is 0 Å². The molecule has 0 aliphatic carbocycles. The fourth-order valence-electron chi connectivity index (χ4n) is 2.98. The molecule has 5 nitrogen and oxygen atoms in total. The number of carbonyl (C=O) groups is 1. The molecular formula is C16H21N3O2. The molecular weight excluding hydrogens is 266 g/mol. The van der Waals surface area contributed by atoms with Crippen LogP contribution in [0.5, 0.6) is 0 Å². The molecule has 1 aromatic heterocycles. The van der Waals surface area contributed by atoms with E-state index in [1.807, 2.05) is 4.90 Å². The van der Waals surface area contributed by atoms with E-state index in [-0.39, 0.29) is 6.54 Å². The van der Waals surface area contributed by atoms with Crippen molar-refractivity contribution in [3.63, 3.8) is 0 Å². The molecule has 1 aliphatic heterocycles. The molecule has 0 radical (unpaired) electrons. The van der Waals surface area contributed by atoms with Gasteiger partial charge in [-0.05, 0) is 29.1 Å². The zero-order valence-corrected chi connectivity index (χ0v) is 12.3. The number of nitrogens with zero attached hydrogens (tertiary/aromatic N) is 3. The average Bonchev–Trinajstić information content (AvgIpc) is 2.82. The van der Waals surface area contributed by atoms with Crippen LogP contribution < -0.4 is 0 Å². The van der Waals surface area contributed by atoms with Crippen LogP contribution in [0, 0.1) is 0 Å². The average molecular weight is 287 g/mol. The molecule has 0 unspecified atom stereocenters. The SMILES string of the molecule is Cn1ccc2cc(CN3CCN(CC(=O)O)CC3)ccc21. The molecule has 1 fully saturated rings. The van der Waals surface area contributed by atoms with Crippen LogP contribution in [-0.4, -0.2) is 58.2 Å². The second-order valence-electron chi connectivity index (χ2n) is 5.77. The molecule has 1 N–H and O–H groups in total. The quantitative estimate of drug-likeness (QED) is 0.923. The van der Waals surface area contributed by atoms with E-state index in [2.05, 4.69) is 47.0 Å². The standard InChI is InChI=1S/C16H21N3O2/c1-17-5-4-14-10-13(2-3-15(14)17)11-18-6-8-19(9-7-18)12-16(20)21/h2-5,10H,6-9,11-12H2,1H3,(H,20,21). The van der Waals surface area contributed by atoms with Gasteiger partial charge < -0.3 is 9.67 Å². The number of benzene rings is 1. The van der Waals surface area contributed by atoms with Gasteiger partial charge in [-0.15, -0.1) is 0 Å². The molecule has 112 valence electrons. The van der Waals surface area contributed by atoms with Gasteiger partial charge in [0.25, 0.3) is 0 Å². The maximum absolute atomic E-state index is 10.7. The van der Waals surface area contributed by atoms with Crippen LogP contribution in [0.25, 0.3) is 10.9 Å². The summed E-state index contributed by atoms with van der Waals surface area (Å²) in [4.78, 5) is 15.1. The predicted octanol–water partition coefficient (Wildman–Crippen LogP) is 1.38. The summed E-state index contributed by atoms with van der Waals surface area (Å²) in [5, 5.41) is 10.1. The fourth-order valence-corrected chi connectivity index (χ4v) is 2.98. The topological polar surface area (TPSA) is 48.7 Å². The van der Waals surface area contributed by atoms with E-state index >= 15 is 0 Å². The lowest BCUT2D eigenvalue weighted by atomic mass is 10.1. The Morgan fingerprint density at radius 3 is 2.57 bits per heavy atom. The zero-order chi connectivity index (χ0) is 14.8. The number of aryl methyl sites for hydroxylation is 1. The molecule has 2 aromatic rings. The Hall–Kier alpha value is -1.85. The molecule has 1 saturated heterocycles. The van der Waals surface area contributed by atoms with Gasteiger partial charge in [-0.2, -0.15) is 0 Å². The van der Waals surface area contributed by atoms with Gasteiger partial charge in [0.05, 0.1) is 6.54 Å². The maximum Gasteiger partial charge on any atom is 0.317 e. The minimum absolute atomic E-state index is 0.157. The smallest absolute Gasteiger partial charge is 0.317 e. The number of aliphatic carboxylic acids is 1. The Labute approximate surface area is 124 Å². The molecule has 0 saturated carbocycles. The third-order valence-corrected chi connectivity index (χ3v) is 4.18. The Morgan fingerprint density at radius 1 is 1.14 bits per heavy atom. The highest BCUT2D eigenvalue weighted by Crippen LogP contribution is 2.18. The summed E-state index contributed by atoms with van der Waals surface area (Å²) in [6.45, 7) is 4.62. The molecule has 0 amide bonds. The van der Waals surface area contributed by atoms with Crippen LogP contribution in [-0.2, 0) is 18.4 Å². The van der Waals surface area contributed by atoms with Crippen molar-refractivity contribution in [3.8, 4) is 0 Å². The number of carboxylic acid groups (broad SMARTS) is 1. The van der Waals surface area contributed by atoms with Crippen LogP contribution in [0.3, 0.4) is 0 Å². The molecule has 0 spiro atoms. The molecule has 0 bridgehead atoms. The van der Waals surface area contributed by atoms with Crippen molar-refractivity contribution in [3.05, 3.63) is 36.0 Å². The normalized spacial score (nSPS) is 17.4. The molecule has 0 atom stereocenters. The van der Waals surface area contributed by atoms with Crippen molar-refractivity contribution in [2.24, 2.45) is 7.05 Å². The van der Waals surface area contributed by atoms with Crippen LogP contribution in [0.2, 0.25) is 0 Å². The lowest BCUT2D eigenvalue weighted by Crippen LogP contribution is -2.47. The number of aromatic nitrogens is 1. The largest absolute Gasteiger partial charge is 0.480 e. The van der Waals surface area contributed by atoms with Crippen LogP contribution in [0.1, 0.15) is 5.56 Å². The molecule has 3 rings (SSSR count). The van der Waals surface area contributed by atoms with Crippen molar-refractivity contribution in [2.45, 2.75) is 6.54 Å². The molecule has 21 heavy (non-hydrogen) atoms. The monoisotopic (exact) mass is 287 g/mol. The molecule has 2 heterocycles. The summed E-state index contributed by atoms with van der Waals surface area (Å²) >= 11 is 0. The summed E-state index contributed by atoms with van der Waals surface area (Å²) in [5.74, 6) is -0.738. The first-order chi connectivity index (χ1) is 10.1. The summed E-state index contributed by atoms with van der Waals surface area (Å²) in [6, 6.07) is 8.75. The van der Waals surface area contributed by atoms with Gasteiger partial charge >= 0.3 is 5.97 Å². The lowest BCUT2D eigenvalue weighted by molar-refractivity contribution is -0.138. The number of piperazine rings is 1. The van der Waals surface area contributed by atoms with Gasteiger partial charge in [-0.1, -0.05) is 6.07 Å². The maximum atomic E-state index is 10.7. The van der Waals surface area contributed by atoms with Gasteiger partial charge in [-0.25, -0.2) is 0 Å². The van der Waals surface area contributed by atoms with Crippen LogP contribution >= 0.6 is 0 Å². The lowest BCUT2D eigenvalue weighted by Gasteiger charge is -2.33. The highest BCUT2D eigenvalue weighted by molar-refractivity contribution is 5.80. The summed E-state index contributed by atoms with van der Waals surface area (Å²) in [7, 11) is 2.06. The molecule has 5 heteroatoms. The first-order valence-corrected chi connectivity index (χ1v) is 7.32. The van der Waals surface area contributed by atoms with Crippen molar-refractivity contribution in [1.82, 2.24) is 14.4 Å². The van der Waals surface area contributed by atoms with Gasteiger partial charge in [-0.3, -0.25) is 14.6 Å². The van der Waals surface area contributed by atoms with Crippen molar-refractivity contribution >= 4 is 16.9 Å². The van der Waals surface area contributed by atoms with Crippen molar-refractivity contribution < 1.29 is 9.90 Å². The first kappa shape index (κ1) is 14.1. The van der Waals surface area contributed by atoms with Crippen molar-refractivity contribution in [1.29, 1.82) is 0 Å². The summed E-state index contributed by atoms with van der Waals surface area (Å²) < 4.78 is 2.13. The Balaban J connectivity index is 1.60. The van der Waals surface area contributed by atoms with E-state index in [0.29, 0.717) is 0 Å². The second kappa shape index (κ2) is 5.87. The number of carboxylic acids is 1. The highest BCUT2D eigenvalue weighted by Gasteiger charge is 2.18. The highest BCUT2D eigenvalue weighted by atomic mass is 16.4. The van der Waals surface area contributed by atoms with Gasteiger partial charge in [0.1, 0.15) is 0 Å². The van der Waals surface area contributed by atoms with Gasteiger partial charge in [0.2, 0.25) is 0 Å². The minimum atomic E-state index is -0.738. The Bertz CT molecular complexity index is 642. The van der Waals surface area contributed by atoms with Crippen molar-refractivity contribution in [2.75, 3.05) is 32.7 Å². The number of hydrogen-bond acceptors (Lipinski definition) is 3.